The van der Waals surface area contributed by atoms with Gasteiger partial charge in [0.1, 0.15) is 0 Å². The second-order valence-corrected chi connectivity index (χ2v) is 5.76. The van der Waals surface area contributed by atoms with Crippen LogP contribution in [0.5, 0.6) is 11.5 Å². The Hall–Kier alpha value is -1.27. The van der Waals surface area contributed by atoms with Gasteiger partial charge in [0.25, 0.3) is 5.91 Å². The average molecular weight is 327 g/mol. The smallest absolute Gasteiger partial charge is 0.251 e. The molecule has 0 saturated heterocycles. The van der Waals surface area contributed by atoms with Gasteiger partial charge in [-0.05, 0) is 46.8 Å². The Kier molecular flexibility index (Phi) is 3.36. The summed E-state index contributed by atoms with van der Waals surface area (Å²) in [6, 6.07) is 3.47. The Morgan fingerprint density at radius 1 is 1.47 bits per heavy atom. The van der Waals surface area contributed by atoms with Gasteiger partial charge in [0.05, 0.1) is 4.47 Å². The first-order valence-corrected chi connectivity index (χ1v) is 7.07. The molecule has 5 nitrogen and oxygen atoms in total. The van der Waals surface area contributed by atoms with E-state index in [2.05, 4.69) is 21.2 Å². The molecule has 6 heteroatoms. The molecule has 1 aromatic rings. The number of carbonyl (C=O) groups is 1. The normalized spacial score (nSPS) is 18.2. The van der Waals surface area contributed by atoms with Gasteiger partial charge < -0.3 is 20.5 Å². The van der Waals surface area contributed by atoms with Crippen LogP contribution in [0.25, 0.3) is 0 Å². The molecule has 3 rings (SSSR count). The van der Waals surface area contributed by atoms with Crippen LogP contribution < -0.4 is 20.5 Å². The predicted octanol–water partition coefficient (Wildman–Crippen LogP) is 1.64. The number of rotatable bonds is 4. The monoisotopic (exact) mass is 326 g/mol. The summed E-state index contributed by atoms with van der Waals surface area (Å²) in [4.78, 5) is 12.1. The highest BCUT2D eigenvalue weighted by atomic mass is 79.9. The first kappa shape index (κ1) is 12.7. The zero-order valence-electron chi connectivity index (χ0n) is 10.3. The lowest BCUT2D eigenvalue weighted by Gasteiger charge is -2.12. The van der Waals surface area contributed by atoms with Crippen molar-refractivity contribution in [3.05, 3.63) is 22.2 Å². The molecule has 1 fully saturated rings. The summed E-state index contributed by atoms with van der Waals surface area (Å²) >= 11 is 3.37. The Bertz CT molecular complexity index is 517. The van der Waals surface area contributed by atoms with Gasteiger partial charge in [0.2, 0.25) is 6.79 Å². The number of fused-ring (bicyclic) bond motifs is 1. The van der Waals surface area contributed by atoms with Gasteiger partial charge in [0, 0.05) is 18.2 Å². The maximum atomic E-state index is 12.1. The van der Waals surface area contributed by atoms with Crippen molar-refractivity contribution in [1.29, 1.82) is 0 Å². The molecular formula is C13H15BrN2O3. The lowest BCUT2D eigenvalue weighted by molar-refractivity contribution is 0.0950. The Balaban J connectivity index is 1.67. The van der Waals surface area contributed by atoms with Gasteiger partial charge in [-0.1, -0.05) is 0 Å². The van der Waals surface area contributed by atoms with Crippen molar-refractivity contribution in [3.8, 4) is 11.5 Å². The lowest BCUT2D eigenvalue weighted by Crippen LogP contribution is -2.38. The van der Waals surface area contributed by atoms with Crippen LogP contribution in [-0.4, -0.2) is 25.3 Å². The first-order chi connectivity index (χ1) is 9.15. The van der Waals surface area contributed by atoms with E-state index in [-0.39, 0.29) is 18.7 Å². The Morgan fingerprint density at radius 3 is 3.00 bits per heavy atom. The minimum Gasteiger partial charge on any atom is -0.454 e. The third kappa shape index (κ3) is 2.69. The predicted molar refractivity (Wildman–Crippen MR) is 73.3 cm³/mol. The van der Waals surface area contributed by atoms with E-state index in [9.17, 15) is 4.79 Å². The summed E-state index contributed by atoms with van der Waals surface area (Å²) < 4.78 is 11.3. The van der Waals surface area contributed by atoms with Gasteiger partial charge in [0.15, 0.2) is 11.5 Å². The summed E-state index contributed by atoms with van der Waals surface area (Å²) in [6.07, 6.45) is 2.35. The third-order valence-electron chi connectivity index (χ3n) is 3.42. The number of hydrogen-bond acceptors (Lipinski definition) is 4. The molecule has 0 bridgehead atoms. The third-order valence-corrected chi connectivity index (χ3v) is 4.00. The average Bonchev–Trinajstić information content (AvgIpc) is 3.14. The van der Waals surface area contributed by atoms with E-state index in [0.29, 0.717) is 29.5 Å². The van der Waals surface area contributed by atoms with Crippen LogP contribution in [0.3, 0.4) is 0 Å². The van der Waals surface area contributed by atoms with Gasteiger partial charge in [-0.25, -0.2) is 0 Å². The largest absolute Gasteiger partial charge is 0.454 e. The fraction of sp³-hybridized carbons (Fsp3) is 0.462. The minimum absolute atomic E-state index is 0.0569. The van der Waals surface area contributed by atoms with Crippen LogP contribution in [0.4, 0.5) is 0 Å². The first-order valence-electron chi connectivity index (χ1n) is 6.28. The van der Waals surface area contributed by atoms with E-state index in [0.717, 1.165) is 4.47 Å². The molecule has 1 heterocycles. The lowest BCUT2D eigenvalue weighted by atomic mass is 10.1. The molecular weight excluding hydrogens is 312 g/mol. The van der Waals surface area contributed by atoms with Crippen molar-refractivity contribution in [2.24, 2.45) is 11.7 Å². The number of hydrogen-bond donors (Lipinski definition) is 2. The molecule has 19 heavy (non-hydrogen) atoms. The standard InChI is InChI=1S/C13H15BrN2O3/c14-9-3-8(4-11-12(9)19-6-18-11)13(17)16-5-10(15)7-1-2-7/h3-4,7,10H,1-2,5-6,15H2,(H,16,17). The van der Waals surface area contributed by atoms with Gasteiger partial charge in [-0.2, -0.15) is 0 Å². The number of amides is 1. The number of nitrogens with two attached hydrogens (primary N) is 1. The minimum atomic E-state index is -0.143. The molecule has 1 amide bonds. The van der Waals surface area contributed by atoms with Gasteiger partial charge in [-0.3, -0.25) is 4.79 Å². The molecule has 1 atom stereocenters. The summed E-state index contributed by atoms with van der Waals surface area (Å²) in [5.41, 5.74) is 6.50. The van der Waals surface area contributed by atoms with Crippen LogP contribution in [0.15, 0.2) is 16.6 Å². The molecule has 102 valence electrons. The molecule has 1 saturated carbocycles. The summed E-state index contributed by atoms with van der Waals surface area (Å²) in [5.74, 6) is 1.66. The van der Waals surface area contributed by atoms with Crippen LogP contribution in [0, 0.1) is 5.92 Å². The number of ether oxygens (including phenoxy) is 2. The highest BCUT2D eigenvalue weighted by Gasteiger charge is 2.28. The number of halogens is 1. The molecule has 3 N–H and O–H groups in total. The van der Waals surface area contributed by atoms with Crippen molar-refractivity contribution in [3.63, 3.8) is 0 Å². The summed E-state index contributed by atoms with van der Waals surface area (Å²) in [5, 5.41) is 2.86. The molecule has 0 spiro atoms. The zero-order chi connectivity index (χ0) is 13.4. The van der Waals surface area contributed by atoms with E-state index >= 15 is 0 Å². The SMILES string of the molecule is NC(CNC(=O)c1cc(Br)c2c(c1)OCO2)C1CC1. The second kappa shape index (κ2) is 5.02. The second-order valence-electron chi connectivity index (χ2n) is 4.90. The fourth-order valence-electron chi connectivity index (χ4n) is 2.10. The quantitative estimate of drug-likeness (QED) is 0.882. The highest BCUT2D eigenvalue weighted by Crippen LogP contribution is 2.40. The Labute approximate surface area is 119 Å². The van der Waals surface area contributed by atoms with Crippen molar-refractivity contribution in [2.45, 2.75) is 18.9 Å². The van der Waals surface area contributed by atoms with Crippen LogP contribution in [-0.2, 0) is 0 Å². The van der Waals surface area contributed by atoms with Crippen LogP contribution >= 0.6 is 15.9 Å². The Morgan fingerprint density at radius 2 is 2.26 bits per heavy atom. The van der Waals surface area contributed by atoms with Crippen molar-refractivity contribution in [2.75, 3.05) is 13.3 Å². The zero-order valence-corrected chi connectivity index (χ0v) is 11.9. The van der Waals surface area contributed by atoms with E-state index in [1.54, 1.807) is 12.1 Å². The molecule has 1 aliphatic carbocycles. The van der Waals surface area contributed by atoms with Crippen LogP contribution in [0.1, 0.15) is 23.2 Å². The van der Waals surface area contributed by atoms with Crippen LogP contribution in [0.2, 0.25) is 0 Å². The number of benzene rings is 1. The number of carbonyl (C=O) groups excluding carboxylic acids is 1. The molecule has 1 aromatic carbocycles. The molecule has 0 radical (unpaired) electrons. The van der Waals surface area contributed by atoms with E-state index in [1.807, 2.05) is 0 Å². The highest BCUT2D eigenvalue weighted by molar-refractivity contribution is 9.10. The topological polar surface area (TPSA) is 73.6 Å². The molecule has 1 aliphatic heterocycles. The fourth-order valence-corrected chi connectivity index (χ4v) is 2.66. The van der Waals surface area contributed by atoms with Crippen molar-refractivity contribution < 1.29 is 14.3 Å². The molecule has 0 aromatic heterocycles. The number of nitrogens with one attached hydrogen (secondary N) is 1. The van der Waals surface area contributed by atoms with E-state index < -0.39 is 0 Å². The van der Waals surface area contributed by atoms with Crippen molar-refractivity contribution >= 4 is 21.8 Å². The molecule has 1 unspecified atom stereocenters. The summed E-state index contributed by atoms with van der Waals surface area (Å²) in [6.45, 7) is 0.696. The maximum absolute atomic E-state index is 12.1. The maximum Gasteiger partial charge on any atom is 0.251 e. The van der Waals surface area contributed by atoms with Gasteiger partial charge >= 0.3 is 0 Å². The molecule has 2 aliphatic rings. The van der Waals surface area contributed by atoms with E-state index in [4.69, 9.17) is 15.2 Å². The van der Waals surface area contributed by atoms with Gasteiger partial charge in [-0.15, -0.1) is 0 Å². The summed E-state index contributed by atoms with van der Waals surface area (Å²) in [7, 11) is 0. The van der Waals surface area contributed by atoms with Crippen molar-refractivity contribution in [1.82, 2.24) is 5.32 Å². The van der Waals surface area contributed by atoms with E-state index in [1.165, 1.54) is 12.8 Å².